The minimum Gasteiger partial charge on any atom is -0.459 e. The molecule has 16 nitrogen and oxygen atoms in total. The van der Waals surface area contributed by atoms with Crippen LogP contribution in [0.3, 0.4) is 0 Å². The van der Waals surface area contributed by atoms with E-state index in [-0.39, 0.29) is 70.4 Å². The molecule has 0 radical (unpaired) electrons. The zero-order chi connectivity index (χ0) is 59.7. The van der Waals surface area contributed by atoms with Gasteiger partial charge in [0.15, 0.2) is 0 Å². The van der Waals surface area contributed by atoms with Gasteiger partial charge in [-0.05, 0) is 51.1 Å². The Morgan fingerprint density at radius 1 is 0.453 bits per heavy atom. The average molecular weight is 1160 g/mol. The number of ether oxygens (including phenoxy) is 4. The van der Waals surface area contributed by atoms with Crippen LogP contribution in [0.15, 0.2) is 214 Å². The summed E-state index contributed by atoms with van der Waals surface area (Å²) in [6.45, 7) is -1.71. The van der Waals surface area contributed by atoms with E-state index in [2.05, 4.69) is 0 Å². The Labute approximate surface area is 497 Å². The smallest absolute Gasteiger partial charge is 0.334 e. The van der Waals surface area contributed by atoms with E-state index in [1.165, 1.54) is 18.2 Å². The number of fused-ring (bicyclic) bond motifs is 6. The number of allylic oxidation sites excluding steroid dienone is 5. The van der Waals surface area contributed by atoms with Gasteiger partial charge in [-0.3, -0.25) is 28.8 Å². The number of hydrogen-bond donors (Lipinski definition) is 0. The van der Waals surface area contributed by atoms with Gasteiger partial charge in [0.05, 0.1) is 10.4 Å². The summed E-state index contributed by atoms with van der Waals surface area (Å²) in [7, 11) is 0. The maximum absolute atomic E-state index is 16.2. The van der Waals surface area contributed by atoms with E-state index >= 15 is 19.2 Å². The van der Waals surface area contributed by atoms with Crippen LogP contribution >= 0.6 is 22.7 Å². The van der Waals surface area contributed by atoms with Gasteiger partial charge in [-0.25, -0.2) is 9.98 Å². The van der Waals surface area contributed by atoms with Gasteiger partial charge in [0.2, 0.25) is 22.4 Å². The normalized spacial score (nSPS) is 15.6. The molecule has 2 heterocycles. The number of nitrogens with zero attached hydrogens (tertiary/aromatic N) is 6. The third kappa shape index (κ3) is 9.03. The molecule has 0 N–H and O–H groups in total. The number of benzene rings is 6. The summed E-state index contributed by atoms with van der Waals surface area (Å²) in [5, 5.41) is 41.3. The Morgan fingerprint density at radius 3 is 1.21 bits per heavy atom. The summed E-state index contributed by atoms with van der Waals surface area (Å²) in [6.07, 6.45) is 1.17. The SMILES string of the molecule is N#CC(C#N)=C1C(=NC2=CC3=C(c4sc5cc(N=C6C(=O)c7ccccc7C6=C(C#N)C#N)sc5c4C3(C(=O)OCc3ccccc3)C(=O)OCc3ccccc3)C2(C(=O)OCc2ccccc2)C(=O)OCc2ccccc2)C(=O)c2ccccc21. The number of nitriles is 4. The molecular weight excluding hydrogens is 1120 g/mol. The standard InChI is InChI=1S/C68H38N6O10S2/c69-31-43(32-70)53-45-25-13-15-27-47(45)59(75)57(53)73-51-29-49-55(68(51,65(79)83-37-41-21-9-3-10-22-41)66(80)84-38-42-23-11-4-12-24-42)62-56(67(49,63(77)81-35-39-17-5-1-6-18-39)64(78)82-36-40-19-7-2-8-20-40)61-50(85-62)30-52(86-61)74-58-54(44(33-71)34-72)46-26-14-16-28-48(46)60(58)76/h1-30H,35-38H2. The van der Waals surface area contributed by atoms with Gasteiger partial charge in [-0.2, -0.15) is 21.0 Å². The molecule has 0 spiro atoms. The molecule has 4 aliphatic rings. The summed E-state index contributed by atoms with van der Waals surface area (Å²) >= 11 is 1.85. The van der Waals surface area contributed by atoms with Crippen LogP contribution in [0.1, 0.15) is 64.5 Å². The molecule has 0 saturated heterocycles. The number of thiophene rings is 2. The Morgan fingerprint density at radius 2 is 0.814 bits per heavy atom. The van der Waals surface area contributed by atoms with Crippen molar-refractivity contribution in [3.05, 3.63) is 259 Å². The number of carbonyl (C=O) groups excluding carboxylic acids is 6. The van der Waals surface area contributed by atoms with Gasteiger partial charge in [0.25, 0.3) is 0 Å². The van der Waals surface area contributed by atoms with Crippen molar-refractivity contribution in [1.29, 1.82) is 21.0 Å². The Bertz CT molecular complexity index is 4500. The fourth-order valence-corrected chi connectivity index (χ4v) is 13.8. The zero-order valence-electron chi connectivity index (χ0n) is 44.7. The third-order valence-electron chi connectivity index (χ3n) is 14.9. The Kier molecular flexibility index (Phi) is 14.5. The van der Waals surface area contributed by atoms with Gasteiger partial charge in [-0.15, -0.1) is 22.7 Å². The minimum absolute atomic E-state index is 0.00663. The van der Waals surface area contributed by atoms with E-state index in [1.807, 2.05) is 24.3 Å². The number of esters is 4. The first-order valence-corrected chi connectivity index (χ1v) is 28.1. The van der Waals surface area contributed by atoms with Gasteiger partial charge in [0.1, 0.15) is 78.3 Å². The maximum Gasteiger partial charge on any atom is 0.334 e. The average Bonchev–Trinajstić information content (AvgIpc) is 1.51. The largest absolute Gasteiger partial charge is 0.459 e. The Hall–Kier alpha value is -11.5. The zero-order valence-corrected chi connectivity index (χ0v) is 46.4. The van der Waals surface area contributed by atoms with Gasteiger partial charge >= 0.3 is 23.9 Å². The summed E-state index contributed by atoms with van der Waals surface area (Å²) in [4.78, 5) is 104. The number of aliphatic imine (C=N–C) groups is 2. The molecule has 0 atom stereocenters. The van der Waals surface area contributed by atoms with E-state index in [0.29, 0.717) is 32.5 Å². The number of rotatable bonds is 14. The molecule has 6 aromatic carbocycles. The first-order valence-electron chi connectivity index (χ1n) is 26.4. The van der Waals surface area contributed by atoms with Crippen LogP contribution in [-0.4, -0.2) is 46.9 Å². The second-order valence-electron chi connectivity index (χ2n) is 19.8. The highest BCUT2D eigenvalue weighted by atomic mass is 32.1. The van der Waals surface area contributed by atoms with Crippen LogP contribution in [0, 0.1) is 50.7 Å². The summed E-state index contributed by atoms with van der Waals surface area (Å²) in [6, 6.07) is 55.9. The molecule has 2 aromatic heterocycles. The van der Waals surface area contributed by atoms with Crippen molar-refractivity contribution in [3.63, 3.8) is 0 Å². The van der Waals surface area contributed by atoms with Crippen LogP contribution in [-0.2, 0) is 70.0 Å². The predicted molar refractivity (Wildman–Crippen MR) is 316 cm³/mol. The molecule has 18 heteroatoms. The van der Waals surface area contributed by atoms with Crippen LogP contribution in [0.4, 0.5) is 5.00 Å². The molecule has 4 aliphatic carbocycles. The lowest BCUT2D eigenvalue weighted by molar-refractivity contribution is -0.167. The van der Waals surface area contributed by atoms with Gasteiger partial charge < -0.3 is 18.9 Å². The fraction of sp³-hybridized carbons (Fsp3) is 0.0882. The van der Waals surface area contributed by atoms with Crippen LogP contribution in [0.5, 0.6) is 0 Å². The number of Topliss-reactive ketones (excluding diaryl/α,β-unsaturated/α-hetero) is 2. The molecule has 0 unspecified atom stereocenters. The van der Waals surface area contributed by atoms with Crippen LogP contribution in [0.2, 0.25) is 0 Å². The van der Waals surface area contributed by atoms with Crippen molar-refractivity contribution in [3.8, 4) is 24.3 Å². The number of hydrogen-bond acceptors (Lipinski definition) is 18. The quantitative estimate of drug-likeness (QED) is 0.0424. The van der Waals surface area contributed by atoms with Crippen molar-refractivity contribution >= 4 is 101 Å². The lowest BCUT2D eigenvalue weighted by Crippen LogP contribution is -2.46. The van der Waals surface area contributed by atoms with E-state index < -0.39 is 89.7 Å². The summed E-state index contributed by atoms with van der Waals surface area (Å²) in [5.74, 6) is -6.48. The second kappa shape index (κ2) is 22.7. The molecule has 412 valence electrons. The van der Waals surface area contributed by atoms with Gasteiger partial charge in [-0.1, -0.05) is 170 Å². The molecule has 0 aliphatic heterocycles. The highest BCUT2D eigenvalue weighted by Gasteiger charge is 2.71. The Balaban J connectivity index is 1.16. The topological polar surface area (TPSA) is 259 Å². The van der Waals surface area contributed by atoms with E-state index in [1.54, 1.807) is 164 Å². The van der Waals surface area contributed by atoms with Crippen LogP contribution in [0.25, 0.3) is 26.1 Å². The summed E-state index contributed by atoms with van der Waals surface area (Å²) in [5.41, 5.74) is -6.29. The molecule has 0 bridgehead atoms. The first kappa shape index (κ1) is 55.0. The minimum atomic E-state index is -2.97. The highest BCUT2D eigenvalue weighted by molar-refractivity contribution is 7.30. The third-order valence-corrected chi connectivity index (χ3v) is 17.3. The monoisotopic (exact) mass is 1160 g/mol. The lowest BCUT2D eigenvalue weighted by atomic mass is 9.77. The molecule has 0 amide bonds. The predicted octanol–water partition coefficient (Wildman–Crippen LogP) is 11.7. The molecule has 86 heavy (non-hydrogen) atoms. The lowest BCUT2D eigenvalue weighted by Gasteiger charge is -2.29. The van der Waals surface area contributed by atoms with Crippen molar-refractivity contribution in [2.75, 3.05) is 0 Å². The van der Waals surface area contributed by atoms with Crippen LogP contribution < -0.4 is 0 Å². The van der Waals surface area contributed by atoms with Crippen molar-refractivity contribution in [1.82, 2.24) is 0 Å². The van der Waals surface area contributed by atoms with Crippen molar-refractivity contribution < 1.29 is 47.7 Å². The molecule has 12 rings (SSSR count). The van der Waals surface area contributed by atoms with Gasteiger partial charge in [0, 0.05) is 43.0 Å². The molecular formula is C68H38N6O10S2. The van der Waals surface area contributed by atoms with Crippen molar-refractivity contribution in [2.24, 2.45) is 15.4 Å². The first-order chi connectivity index (χ1) is 42.0. The molecule has 0 fully saturated rings. The van der Waals surface area contributed by atoms with E-state index in [0.717, 1.165) is 22.7 Å². The number of ketones is 2. The van der Waals surface area contributed by atoms with Crippen molar-refractivity contribution in [2.45, 2.75) is 31.8 Å². The maximum atomic E-state index is 16.2. The summed E-state index contributed by atoms with van der Waals surface area (Å²) < 4.78 is 25.5. The van der Waals surface area contributed by atoms with E-state index in [4.69, 9.17) is 28.9 Å². The molecule has 8 aromatic rings. The molecule has 0 saturated carbocycles. The van der Waals surface area contributed by atoms with E-state index in [9.17, 15) is 30.6 Å². The highest BCUT2D eigenvalue weighted by Crippen LogP contribution is 2.66. The fourth-order valence-electron chi connectivity index (χ4n) is 11.0. The second-order valence-corrected chi connectivity index (χ2v) is 21.8. The number of carbonyl (C=O) groups is 6.